The Labute approximate surface area is 56.6 Å². The highest BCUT2D eigenvalue weighted by atomic mass is 16.5. The smallest absolute Gasteiger partial charge is 0.0966 e. The Hall–Kier alpha value is -0.0800. The molecule has 0 bridgehead atoms. The van der Waals surface area contributed by atoms with Crippen molar-refractivity contribution in [1.82, 2.24) is 5.32 Å². The van der Waals surface area contributed by atoms with Crippen molar-refractivity contribution in [3.63, 3.8) is 0 Å². The van der Waals surface area contributed by atoms with Crippen LogP contribution in [0.5, 0.6) is 0 Å². The van der Waals surface area contributed by atoms with Gasteiger partial charge >= 0.3 is 0 Å². The van der Waals surface area contributed by atoms with Crippen LogP contribution in [-0.2, 0) is 4.74 Å². The van der Waals surface area contributed by atoms with Crippen molar-refractivity contribution < 1.29 is 4.74 Å². The molecule has 1 N–H and O–H groups in total. The van der Waals surface area contributed by atoms with Gasteiger partial charge in [-0.05, 0) is 19.9 Å². The quantitative estimate of drug-likeness (QED) is 0.577. The van der Waals surface area contributed by atoms with E-state index in [4.69, 9.17) is 4.74 Å². The minimum atomic E-state index is 0.553. The van der Waals surface area contributed by atoms with Crippen molar-refractivity contribution in [3.8, 4) is 0 Å². The molecule has 0 atom stereocenters. The van der Waals surface area contributed by atoms with Crippen molar-refractivity contribution in [2.75, 3.05) is 13.8 Å². The predicted molar refractivity (Wildman–Crippen MR) is 37.3 cm³/mol. The Morgan fingerprint density at radius 1 is 1.44 bits per heavy atom. The highest BCUT2D eigenvalue weighted by Crippen LogP contribution is 2.20. The standard InChI is InChI=1S/C7H15NO/c1-8-6-9-7-4-2-3-5-7/h7-8H,2-6H2,1H3. The fraction of sp³-hybridized carbons (Fsp3) is 1.00. The normalized spacial score (nSPS) is 21.0. The molecule has 9 heavy (non-hydrogen) atoms. The molecule has 0 saturated heterocycles. The van der Waals surface area contributed by atoms with Crippen LogP contribution in [0, 0.1) is 0 Å². The Bertz CT molecular complexity index is 69.3. The monoisotopic (exact) mass is 129 g/mol. The van der Waals surface area contributed by atoms with Gasteiger partial charge in [0.15, 0.2) is 0 Å². The van der Waals surface area contributed by atoms with Crippen molar-refractivity contribution in [2.45, 2.75) is 31.8 Å². The van der Waals surface area contributed by atoms with Gasteiger partial charge in [-0.2, -0.15) is 0 Å². The fourth-order valence-electron chi connectivity index (χ4n) is 1.26. The van der Waals surface area contributed by atoms with E-state index >= 15 is 0 Å². The van der Waals surface area contributed by atoms with Gasteiger partial charge in [-0.25, -0.2) is 0 Å². The maximum Gasteiger partial charge on any atom is 0.0966 e. The molecule has 1 aliphatic carbocycles. The van der Waals surface area contributed by atoms with Crippen molar-refractivity contribution in [1.29, 1.82) is 0 Å². The predicted octanol–water partition coefficient (Wildman–Crippen LogP) is 1.12. The van der Waals surface area contributed by atoms with Gasteiger partial charge < -0.3 is 4.74 Å². The molecule has 0 aromatic carbocycles. The van der Waals surface area contributed by atoms with Crippen LogP contribution in [0.3, 0.4) is 0 Å². The summed E-state index contributed by atoms with van der Waals surface area (Å²) in [5, 5.41) is 2.97. The van der Waals surface area contributed by atoms with Crippen LogP contribution < -0.4 is 5.32 Å². The van der Waals surface area contributed by atoms with Crippen molar-refractivity contribution in [3.05, 3.63) is 0 Å². The molecule has 0 aromatic rings. The topological polar surface area (TPSA) is 21.3 Å². The van der Waals surface area contributed by atoms with Gasteiger partial charge in [-0.1, -0.05) is 12.8 Å². The Kier molecular flexibility index (Phi) is 3.01. The molecule has 2 nitrogen and oxygen atoms in total. The summed E-state index contributed by atoms with van der Waals surface area (Å²) >= 11 is 0. The zero-order valence-electron chi connectivity index (χ0n) is 6.02. The van der Waals surface area contributed by atoms with Crippen molar-refractivity contribution in [2.24, 2.45) is 0 Å². The molecule has 1 fully saturated rings. The van der Waals surface area contributed by atoms with Crippen LogP contribution in [0.15, 0.2) is 0 Å². The minimum absolute atomic E-state index is 0.553. The summed E-state index contributed by atoms with van der Waals surface area (Å²) < 4.78 is 5.44. The number of hydrogen-bond acceptors (Lipinski definition) is 2. The van der Waals surface area contributed by atoms with Crippen LogP contribution in [0.25, 0.3) is 0 Å². The highest BCUT2D eigenvalue weighted by Gasteiger charge is 2.13. The van der Waals surface area contributed by atoms with E-state index in [2.05, 4.69) is 5.32 Å². The molecule has 0 spiro atoms. The van der Waals surface area contributed by atoms with Gasteiger partial charge in [0.1, 0.15) is 0 Å². The third-order valence-corrected chi connectivity index (χ3v) is 1.77. The van der Waals surface area contributed by atoms with Crippen LogP contribution in [0.2, 0.25) is 0 Å². The first kappa shape index (κ1) is 7.03. The molecular formula is C7H15NO. The van der Waals surface area contributed by atoms with Gasteiger partial charge in [0.2, 0.25) is 0 Å². The van der Waals surface area contributed by atoms with E-state index < -0.39 is 0 Å². The molecular weight excluding hydrogens is 114 g/mol. The summed E-state index contributed by atoms with van der Waals surface area (Å²) in [6.07, 6.45) is 5.80. The second-order valence-electron chi connectivity index (χ2n) is 2.57. The Morgan fingerprint density at radius 3 is 2.67 bits per heavy atom. The lowest BCUT2D eigenvalue weighted by atomic mass is 10.3. The molecule has 0 unspecified atom stereocenters. The van der Waals surface area contributed by atoms with Crippen molar-refractivity contribution >= 4 is 0 Å². The molecule has 0 heterocycles. The van der Waals surface area contributed by atoms with E-state index in [1.165, 1.54) is 25.7 Å². The van der Waals surface area contributed by atoms with E-state index in [1.807, 2.05) is 7.05 Å². The molecule has 1 saturated carbocycles. The van der Waals surface area contributed by atoms with E-state index in [9.17, 15) is 0 Å². The SMILES string of the molecule is CNCOC1CCCC1. The molecule has 54 valence electrons. The summed E-state index contributed by atoms with van der Waals surface area (Å²) in [7, 11) is 1.91. The maximum absolute atomic E-state index is 5.44. The first-order valence-electron chi connectivity index (χ1n) is 3.69. The fourth-order valence-corrected chi connectivity index (χ4v) is 1.26. The van der Waals surface area contributed by atoms with Gasteiger partial charge in [0.05, 0.1) is 12.8 Å². The average Bonchev–Trinajstić information content (AvgIpc) is 2.34. The first-order valence-corrected chi connectivity index (χ1v) is 3.69. The van der Waals surface area contributed by atoms with Crippen LogP contribution >= 0.6 is 0 Å². The molecule has 0 aliphatic heterocycles. The Balaban J connectivity index is 1.98. The second kappa shape index (κ2) is 3.85. The zero-order chi connectivity index (χ0) is 6.53. The number of nitrogens with one attached hydrogen (secondary N) is 1. The van der Waals surface area contributed by atoms with Gasteiger partial charge in [0.25, 0.3) is 0 Å². The lowest BCUT2D eigenvalue weighted by Crippen LogP contribution is -2.17. The van der Waals surface area contributed by atoms with Crippen LogP contribution in [0.4, 0.5) is 0 Å². The van der Waals surface area contributed by atoms with Gasteiger partial charge in [0, 0.05) is 0 Å². The minimum Gasteiger partial charge on any atom is -0.363 e. The zero-order valence-corrected chi connectivity index (χ0v) is 6.02. The molecule has 0 amide bonds. The average molecular weight is 129 g/mol. The molecule has 1 rings (SSSR count). The summed E-state index contributed by atoms with van der Waals surface area (Å²) in [5.74, 6) is 0. The van der Waals surface area contributed by atoms with Crippen LogP contribution in [0.1, 0.15) is 25.7 Å². The van der Waals surface area contributed by atoms with Gasteiger partial charge in [-0.15, -0.1) is 0 Å². The summed E-state index contributed by atoms with van der Waals surface area (Å²) in [5.41, 5.74) is 0. The molecule has 1 aliphatic rings. The van der Waals surface area contributed by atoms with E-state index in [0.29, 0.717) is 12.8 Å². The third kappa shape index (κ3) is 2.33. The number of hydrogen-bond donors (Lipinski definition) is 1. The molecule has 0 aromatic heterocycles. The van der Waals surface area contributed by atoms with E-state index in [0.717, 1.165) is 0 Å². The number of rotatable bonds is 3. The number of ether oxygens (including phenoxy) is 1. The lowest BCUT2D eigenvalue weighted by molar-refractivity contribution is 0.0490. The summed E-state index contributed by atoms with van der Waals surface area (Å²) in [6.45, 7) is 0.713. The Morgan fingerprint density at radius 2 is 2.11 bits per heavy atom. The van der Waals surface area contributed by atoms with Crippen LogP contribution in [-0.4, -0.2) is 19.9 Å². The summed E-state index contributed by atoms with van der Waals surface area (Å²) in [4.78, 5) is 0. The molecule has 2 heteroatoms. The summed E-state index contributed by atoms with van der Waals surface area (Å²) in [6, 6.07) is 0. The third-order valence-electron chi connectivity index (χ3n) is 1.77. The first-order chi connectivity index (χ1) is 4.43. The van der Waals surface area contributed by atoms with E-state index in [-0.39, 0.29) is 0 Å². The second-order valence-corrected chi connectivity index (χ2v) is 2.57. The maximum atomic E-state index is 5.44. The van der Waals surface area contributed by atoms with Gasteiger partial charge in [-0.3, -0.25) is 5.32 Å². The van der Waals surface area contributed by atoms with E-state index in [1.54, 1.807) is 0 Å². The highest BCUT2D eigenvalue weighted by molar-refractivity contribution is 4.65. The largest absolute Gasteiger partial charge is 0.363 e. The molecule has 0 radical (unpaired) electrons. The lowest BCUT2D eigenvalue weighted by Gasteiger charge is -2.08.